The molecule has 0 radical (unpaired) electrons. The van der Waals surface area contributed by atoms with Crippen molar-refractivity contribution in [1.29, 1.82) is 0 Å². The lowest BCUT2D eigenvalue weighted by molar-refractivity contribution is 0.0701. The highest BCUT2D eigenvalue weighted by Crippen LogP contribution is 2.33. The lowest BCUT2D eigenvalue weighted by Gasteiger charge is -2.07. The van der Waals surface area contributed by atoms with Crippen molar-refractivity contribution < 1.29 is 18.3 Å². The van der Waals surface area contributed by atoms with Crippen LogP contribution in [0.2, 0.25) is 0 Å². The summed E-state index contributed by atoms with van der Waals surface area (Å²) < 4.78 is 25.5. The van der Waals surface area contributed by atoms with E-state index in [4.69, 9.17) is 0 Å². The second-order valence-corrected chi connectivity index (χ2v) is 8.54. The molecule has 0 fully saturated rings. The maximum Gasteiger partial charge on any atom is 0.346 e. The van der Waals surface area contributed by atoms with Gasteiger partial charge in [0.2, 0.25) is 0 Å². The standard InChI is InChI=1S/C18H15NO4S2/c1-12-4-2-3-5-16(12)25(22,23)11-14-10-15(24-17(14)18(20)21)13-6-8-19-9-7-13/h2-10H,11H2,1H3,(H,20,21). The molecule has 7 heteroatoms. The number of carbonyl (C=O) groups is 1. The van der Waals surface area contributed by atoms with E-state index < -0.39 is 15.8 Å². The number of rotatable bonds is 5. The van der Waals surface area contributed by atoms with Crippen LogP contribution >= 0.6 is 11.3 Å². The predicted octanol–water partition coefficient (Wildman–Crippen LogP) is 3.79. The molecule has 0 aliphatic heterocycles. The summed E-state index contributed by atoms with van der Waals surface area (Å²) in [7, 11) is -3.64. The van der Waals surface area contributed by atoms with Gasteiger partial charge >= 0.3 is 5.97 Å². The minimum Gasteiger partial charge on any atom is -0.477 e. The molecule has 0 aliphatic carbocycles. The molecule has 0 atom stereocenters. The zero-order valence-electron chi connectivity index (χ0n) is 13.3. The van der Waals surface area contributed by atoms with E-state index in [1.54, 1.807) is 61.8 Å². The third-order valence-corrected chi connectivity index (χ3v) is 6.78. The molecule has 0 unspecified atom stereocenters. The Bertz CT molecular complexity index is 1020. The summed E-state index contributed by atoms with van der Waals surface area (Å²) in [5.74, 6) is -1.47. The van der Waals surface area contributed by atoms with Gasteiger partial charge < -0.3 is 5.11 Å². The Morgan fingerprint density at radius 2 is 1.84 bits per heavy atom. The number of aryl methyl sites for hydroxylation is 1. The zero-order chi connectivity index (χ0) is 18.0. The Morgan fingerprint density at radius 3 is 2.48 bits per heavy atom. The third-order valence-electron chi connectivity index (χ3n) is 3.74. The number of pyridine rings is 1. The molecule has 0 amide bonds. The number of thiophene rings is 1. The highest BCUT2D eigenvalue weighted by molar-refractivity contribution is 7.90. The number of aromatic nitrogens is 1. The van der Waals surface area contributed by atoms with Crippen LogP contribution in [-0.4, -0.2) is 24.5 Å². The van der Waals surface area contributed by atoms with Crippen LogP contribution < -0.4 is 0 Å². The normalized spacial score (nSPS) is 11.4. The van der Waals surface area contributed by atoms with Crippen LogP contribution in [0.15, 0.2) is 59.8 Å². The number of hydrogen-bond donors (Lipinski definition) is 1. The highest BCUT2D eigenvalue weighted by Gasteiger charge is 2.24. The topological polar surface area (TPSA) is 84.3 Å². The summed E-state index contributed by atoms with van der Waals surface area (Å²) in [5.41, 5.74) is 1.75. The van der Waals surface area contributed by atoms with Gasteiger partial charge in [-0.15, -0.1) is 11.3 Å². The van der Waals surface area contributed by atoms with Crippen LogP contribution in [0.25, 0.3) is 10.4 Å². The summed E-state index contributed by atoms with van der Waals surface area (Å²) in [6.45, 7) is 1.72. The minimum absolute atomic E-state index is 0.0453. The molecule has 3 rings (SSSR count). The van der Waals surface area contributed by atoms with Gasteiger partial charge in [-0.05, 0) is 47.9 Å². The van der Waals surface area contributed by atoms with Crippen LogP contribution in [0.3, 0.4) is 0 Å². The van der Waals surface area contributed by atoms with Gasteiger partial charge in [0.15, 0.2) is 9.84 Å². The third kappa shape index (κ3) is 3.62. The van der Waals surface area contributed by atoms with E-state index in [0.717, 1.165) is 16.9 Å². The lowest BCUT2D eigenvalue weighted by atomic mass is 10.2. The summed E-state index contributed by atoms with van der Waals surface area (Å²) in [6.07, 6.45) is 3.22. The number of nitrogens with zero attached hydrogens (tertiary/aromatic N) is 1. The van der Waals surface area contributed by atoms with Crippen LogP contribution in [0.1, 0.15) is 20.8 Å². The van der Waals surface area contributed by atoms with Crippen molar-refractivity contribution in [1.82, 2.24) is 4.98 Å². The van der Waals surface area contributed by atoms with Gasteiger partial charge in [0, 0.05) is 17.3 Å². The maximum atomic E-state index is 12.7. The first-order chi connectivity index (χ1) is 11.9. The number of carboxylic acids is 1. The molecule has 2 heterocycles. The SMILES string of the molecule is Cc1ccccc1S(=O)(=O)Cc1cc(-c2ccncc2)sc1C(=O)O. The van der Waals surface area contributed by atoms with E-state index in [0.29, 0.717) is 16.0 Å². The van der Waals surface area contributed by atoms with Crippen LogP contribution in [0.4, 0.5) is 0 Å². The molecule has 5 nitrogen and oxygen atoms in total. The molecule has 0 saturated heterocycles. The average Bonchev–Trinajstić information content (AvgIpc) is 2.99. The first-order valence-corrected chi connectivity index (χ1v) is 9.90. The Labute approximate surface area is 149 Å². The van der Waals surface area contributed by atoms with E-state index in [1.807, 2.05) is 0 Å². The zero-order valence-corrected chi connectivity index (χ0v) is 15.0. The van der Waals surface area contributed by atoms with E-state index >= 15 is 0 Å². The van der Waals surface area contributed by atoms with E-state index in [9.17, 15) is 18.3 Å². The van der Waals surface area contributed by atoms with Crippen molar-refractivity contribution in [3.8, 4) is 10.4 Å². The molecule has 1 N–H and O–H groups in total. The van der Waals surface area contributed by atoms with Gasteiger partial charge in [0.1, 0.15) is 4.88 Å². The van der Waals surface area contributed by atoms with E-state index in [-0.39, 0.29) is 15.5 Å². The first kappa shape index (κ1) is 17.3. The van der Waals surface area contributed by atoms with Gasteiger partial charge in [0.25, 0.3) is 0 Å². The molecule has 0 spiro atoms. The molecule has 128 valence electrons. The summed E-state index contributed by atoms with van der Waals surface area (Å²) in [6, 6.07) is 11.9. The van der Waals surface area contributed by atoms with Crippen molar-refractivity contribution in [3.63, 3.8) is 0 Å². The highest BCUT2D eigenvalue weighted by atomic mass is 32.2. The van der Waals surface area contributed by atoms with Crippen molar-refractivity contribution in [3.05, 3.63) is 70.9 Å². The molecular weight excluding hydrogens is 358 g/mol. The number of benzene rings is 1. The smallest absolute Gasteiger partial charge is 0.346 e. The Morgan fingerprint density at radius 1 is 1.16 bits per heavy atom. The number of carboxylic acid groups (broad SMARTS) is 1. The molecule has 25 heavy (non-hydrogen) atoms. The average molecular weight is 373 g/mol. The van der Waals surface area contributed by atoms with Gasteiger partial charge in [-0.1, -0.05) is 18.2 Å². The van der Waals surface area contributed by atoms with Gasteiger partial charge in [-0.2, -0.15) is 0 Å². The Balaban J connectivity index is 2.04. The number of hydrogen-bond acceptors (Lipinski definition) is 5. The fourth-order valence-electron chi connectivity index (χ4n) is 2.56. The summed E-state index contributed by atoms with van der Waals surface area (Å²) in [5, 5.41) is 9.45. The molecule has 2 aromatic heterocycles. The quantitative estimate of drug-likeness (QED) is 0.735. The van der Waals surface area contributed by atoms with Crippen LogP contribution in [0, 0.1) is 6.92 Å². The van der Waals surface area contributed by atoms with E-state index in [1.165, 1.54) is 0 Å². The fraction of sp³-hybridized carbons (Fsp3) is 0.111. The second-order valence-electron chi connectivity index (χ2n) is 5.53. The van der Waals surface area contributed by atoms with Crippen molar-refractivity contribution in [2.24, 2.45) is 0 Å². The molecule has 1 aromatic carbocycles. The first-order valence-electron chi connectivity index (χ1n) is 7.43. The van der Waals surface area contributed by atoms with Crippen molar-refractivity contribution in [2.45, 2.75) is 17.6 Å². The number of sulfone groups is 1. The molecule has 0 aliphatic rings. The molecule has 0 bridgehead atoms. The lowest BCUT2D eigenvalue weighted by Crippen LogP contribution is -2.08. The second kappa shape index (κ2) is 6.78. The summed E-state index contributed by atoms with van der Waals surface area (Å²) >= 11 is 1.07. The molecule has 3 aromatic rings. The maximum absolute atomic E-state index is 12.7. The largest absolute Gasteiger partial charge is 0.477 e. The Hall–Kier alpha value is -2.51. The van der Waals surface area contributed by atoms with Gasteiger partial charge in [-0.3, -0.25) is 4.98 Å². The summed E-state index contributed by atoms with van der Waals surface area (Å²) in [4.78, 5) is 16.5. The molecular formula is C18H15NO4S2. The van der Waals surface area contributed by atoms with Gasteiger partial charge in [0.05, 0.1) is 10.6 Å². The molecule has 0 saturated carbocycles. The van der Waals surface area contributed by atoms with Crippen molar-refractivity contribution >= 4 is 27.1 Å². The Kier molecular flexibility index (Phi) is 4.69. The number of aromatic carboxylic acids is 1. The van der Waals surface area contributed by atoms with Crippen LogP contribution in [0.5, 0.6) is 0 Å². The van der Waals surface area contributed by atoms with Crippen LogP contribution in [-0.2, 0) is 15.6 Å². The monoisotopic (exact) mass is 373 g/mol. The van der Waals surface area contributed by atoms with Gasteiger partial charge in [-0.25, -0.2) is 13.2 Å². The predicted molar refractivity (Wildman–Crippen MR) is 96.6 cm³/mol. The fourth-order valence-corrected chi connectivity index (χ4v) is 5.32. The minimum atomic E-state index is -3.64. The van der Waals surface area contributed by atoms with E-state index in [2.05, 4.69) is 4.98 Å². The van der Waals surface area contributed by atoms with Crippen molar-refractivity contribution in [2.75, 3.05) is 0 Å².